The van der Waals surface area contributed by atoms with Gasteiger partial charge in [-0.2, -0.15) is 5.26 Å². The lowest BCUT2D eigenvalue weighted by molar-refractivity contribution is 0.301. The van der Waals surface area contributed by atoms with Crippen LogP contribution >= 0.6 is 0 Å². The summed E-state index contributed by atoms with van der Waals surface area (Å²) in [5.74, 6) is 1.51. The summed E-state index contributed by atoms with van der Waals surface area (Å²) in [7, 11) is 2.00. The van der Waals surface area contributed by atoms with E-state index < -0.39 is 0 Å². The number of hydrogen-bond donors (Lipinski definition) is 0. The first-order valence-electron chi connectivity index (χ1n) is 4.63. The smallest absolute Gasteiger partial charge is 0.0863 e. The summed E-state index contributed by atoms with van der Waals surface area (Å²) >= 11 is 0. The van der Waals surface area contributed by atoms with Gasteiger partial charge in [-0.15, -0.1) is 0 Å². The fourth-order valence-electron chi connectivity index (χ4n) is 0.957. The summed E-state index contributed by atoms with van der Waals surface area (Å²) < 4.78 is 0. The summed E-state index contributed by atoms with van der Waals surface area (Å²) in [5.41, 5.74) is 0. The minimum atomic E-state index is 0.546. The van der Waals surface area contributed by atoms with Crippen molar-refractivity contribution >= 4 is 0 Å². The minimum Gasteiger partial charge on any atom is -0.294 e. The molecule has 0 amide bonds. The Labute approximate surface area is 76.2 Å². The van der Waals surface area contributed by atoms with Crippen LogP contribution in [0.3, 0.4) is 0 Å². The Morgan fingerprint density at radius 1 is 1.33 bits per heavy atom. The molecule has 0 spiro atoms. The molecule has 0 saturated heterocycles. The van der Waals surface area contributed by atoms with E-state index in [0.29, 0.717) is 6.54 Å². The molecular formula is C10H20N2. The topological polar surface area (TPSA) is 27.0 Å². The molecule has 0 radical (unpaired) electrons. The van der Waals surface area contributed by atoms with E-state index in [1.54, 1.807) is 0 Å². The van der Waals surface area contributed by atoms with Gasteiger partial charge in [0.2, 0.25) is 0 Å². The lowest BCUT2D eigenvalue weighted by Gasteiger charge is -2.18. The second kappa shape index (κ2) is 6.02. The maximum atomic E-state index is 8.42. The quantitative estimate of drug-likeness (QED) is 0.588. The van der Waals surface area contributed by atoms with Gasteiger partial charge >= 0.3 is 0 Å². The molecular weight excluding hydrogens is 148 g/mol. The van der Waals surface area contributed by atoms with Crippen molar-refractivity contribution in [3.05, 3.63) is 0 Å². The van der Waals surface area contributed by atoms with Gasteiger partial charge in [-0.1, -0.05) is 20.8 Å². The molecule has 0 rings (SSSR count). The molecule has 1 atom stereocenters. The molecule has 1 unspecified atom stereocenters. The third-order valence-corrected chi connectivity index (χ3v) is 2.44. The van der Waals surface area contributed by atoms with Crippen LogP contribution in [-0.4, -0.2) is 25.0 Å². The van der Waals surface area contributed by atoms with Gasteiger partial charge in [0, 0.05) is 0 Å². The summed E-state index contributed by atoms with van der Waals surface area (Å²) in [5, 5.41) is 8.42. The predicted molar refractivity (Wildman–Crippen MR) is 51.7 cm³/mol. The third-order valence-electron chi connectivity index (χ3n) is 2.44. The molecule has 0 fully saturated rings. The van der Waals surface area contributed by atoms with Crippen molar-refractivity contribution in [3.8, 4) is 6.07 Å². The van der Waals surface area contributed by atoms with Crippen molar-refractivity contribution in [2.75, 3.05) is 20.1 Å². The van der Waals surface area contributed by atoms with Gasteiger partial charge in [0.15, 0.2) is 0 Å². The van der Waals surface area contributed by atoms with Crippen LogP contribution < -0.4 is 0 Å². The van der Waals surface area contributed by atoms with Gasteiger partial charge in [-0.05, 0) is 31.8 Å². The molecule has 0 aromatic heterocycles. The largest absolute Gasteiger partial charge is 0.294 e. The Hall–Kier alpha value is -0.550. The zero-order valence-electron chi connectivity index (χ0n) is 8.67. The third kappa shape index (κ3) is 5.15. The number of nitriles is 1. The van der Waals surface area contributed by atoms with E-state index in [4.69, 9.17) is 5.26 Å². The van der Waals surface area contributed by atoms with Crippen molar-refractivity contribution in [1.82, 2.24) is 4.90 Å². The first-order chi connectivity index (χ1) is 5.57. The van der Waals surface area contributed by atoms with Crippen LogP contribution in [-0.2, 0) is 0 Å². The van der Waals surface area contributed by atoms with E-state index in [1.807, 2.05) is 7.05 Å². The molecule has 0 aliphatic heterocycles. The second-order valence-electron chi connectivity index (χ2n) is 3.91. The Kier molecular flexibility index (Phi) is 5.74. The molecule has 0 aromatic carbocycles. The van der Waals surface area contributed by atoms with Crippen molar-refractivity contribution in [3.63, 3.8) is 0 Å². The summed E-state index contributed by atoms with van der Waals surface area (Å²) in [4.78, 5) is 2.07. The van der Waals surface area contributed by atoms with Gasteiger partial charge in [-0.25, -0.2) is 0 Å². The molecule has 0 heterocycles. The Morgan fingerprint density at radius 3 is 2.33 bits per heavy atom. The van der Waals surface area contributed by atoms with Gasteiger partial charge in [0.25, 0.3) is 0 Å². The highest BCUT2D eigenvalue weighted by molar-refractivity contribution is 4.74. The molecule has 70 valence electrons. The second-order valence-corrected chi connectivity index (χ2v) is 3.91. The highest BCUT2D eigenvalue weighted by Crippen LogP contribution is 2.13. The van der Waals surface area contributed by atoms with Gasteiger partial charge in [0.05, 0.1) is 12.6 Å². The first-order valence-corrected chi connectivity index (χ1v) is 4.63. The van der Waals surface area contributed by atoms with E-state index in [0.717, 1.165) is 18.4 Å². The van der Waals surface area contributed by atoms with Crippen LogP contribution in [0.5, 0.6) is 0 Å². The van der Waals surface area contributed by atoms with Gasteiger partial charge in [-0.3, -0.25) is 4.90 Å². The van der Waals surface area contributed by atoms with Gasteiger partial charge < -0.3 is 0 Å². The Balaban J connectivity index is 3.48. The first kappa shape index (κ1) is 11.4. The molecule has 0 aliphatic carbocycles. The van der Waals surface area contributed by atoms with E-state index in [2.05, 4.69) is 31.7 Å². The highest BCUT2D eigenvalue weighted by Gasteiger charge is 2.07. The van der Waals surface area contributed by atoms with Crippen molar-refractivity contribution in [2.24, 2.45) is 11.8 Å². The molecule has 12 heavy (non-hydrogen) atoms. The van der Waals surface area contributed by atoms with Crippen molar-refractivity contribution in [2.45, 2.75) is 27.2 Å². The Morgan fingerprint density at radius 2 is 1.92 bits per heavy atom. The predicted octanol–water partition coefficient (Wildman–Crippen LogP) is 2.12. The van der Waals surface area contributed by atoms with E-state index in [9.17, 15) is 0 Å². The molecule has 0 aromatic rings. The lowest BCUT2D eigenvalue weighted by Crippen LogP contribution is -2.22. The van der Waals surface area contributed by atoms with Crippen LogP contribution in [0, 0.1) is 23.2 Å². The molecule has 2 nitrogen and oxygen atoms in total. The van der Waals surface area contributed by atoms with E-state index in [-0.39, 0.29) is 0 Å². The van der Waals surface area contributed by atoms with Crippen LogP contribution in [0.4, 0.5) is 0 Å². The van der Waals surface area contributed by atoms with Gasteiger partial charge in [0.1, 0.15) is 0 Å². The highest BCUT2D eigenvalue weighted by atomic mass is 15.1. The summed E-state index contributed by atoms with van der Waals surface area (Å²) in [6, 6.07) is 2.15. The molecule has 2 heteroatoms. The number of hydrogen-bond acceptors (Lipinski definition) is 2. The van der Waals surface area contributed by atoms with Crippen molar-refractivity contribution < 1.29 is 0 Å². The zero-order chi connectivity index (χ0) is 9.56. The fourth-order valence-corrected chi connectivity index (χ4v) is 0.957. The average Bonchev–Trinajstić information content (AvgIpc) is 2.00. The maximum absolute atomic E-state index is 8.42. The van der Waals surface area contributed by atoms with Crippen LogP contribution in [0.2, 0.25) is 0 Å². The van der Waals surface area contributed by atoms with Crippen LogP contribution in [0.1, 0.15) is 27.2 Å². The zero-order valence-corrected chi connectivity index (χ0v) is 8.67. The van der Waals surface area contributed by atoms with Crippen LogP contribution in [0.25, 0.3) is 0 Å². The van der Waals surface area contributed by atoms with E-state index >= 15 is 0 Å². The molecule has 0 aliphatic rings. The fraction of sp³-hybridized carbons (Fsp3) is 0.900. The normalized spacial score (nSPS) is 13.4. The number of nitrogens with zero attached hydrogens (tertiary/aromatic N) is 2. The number of rotatable bonds is 5. The monoisotopic (exact) mass is 168 g/mol. The SMILES string of the molecule is CC(C)C(C)CCN(C)CC#N. The standard InChI is InChI=1S/C10H20N2/c1-9(2)10(3)5-7-12(4)8-6-11/h9-10H,5,7-8H2,1-4H3. The summed E-state index contributed by atoms with van der Waals surface area (Å²) in [6.07, 6.45) is 1.19. The maximum Gasteiger partial charge on any atom is 0.0863 e. The average molecular weight is 168 g/mol. The molecule has 0 bridgehead atoms. The molecule has 0 N–H and O–H groups in total. The van der Waals surface area contributed by atoms with Crippen molar-refractivity contribution in [1.29, 1.82) is 5.26 Å². The van der Waals surface area contributed by atoms with Crippen LogP contribution in [0.15, 0.2) is 0 Å². The Bertz CT molecular complexity index is 146. The minimum absolute atomic E-state index is 0.546. The van der Waals surface area contributed by atoms with E-state index in [1.165, 1.54) is 6.42 Å². The lowest BCUT2D eigenvalue weighted by atomic mass is 9.95. The summed E-state index contributed by atoms with van der Waals surface area (Å²) in [6.45, 7) is 8.34. The molecule has 0 saturated carbocycles.